The summed E-state index contributed by atoms with van der Waals surface area (Å²) in [5, 5.41) is 12.3. The van der Waals surface area contributed by atoms with E-state index in [1.165, 1.54) is 0 Å². The molecule has 0 aromatic heterocycles. The van der Waals surface area contributed by atoms with Gasteiger partial charge in [0.05, 0.1) is 6.54 Å². The number of benzene rings is 1. The molecule has 0 radical (unpaired) electrons. The molecular formula is C9H7ClN4O. The minimum absolute atomic E-state index is 0.0507. The van der Waals surface area contributed by atoms with Crippen LogP contribution in [0.5, 0.6) is 5.75 Å². The maximum absolute atomic E-state index is 8.37. The van der Waals surface area contributed by atoms with Crippen LogP contribution in [0, 0.1) is 11.3 Å². The van der Waals surface area contributed by atoms with Crippen molar-refractivity contribution in [1.82, 2.24) is 0 Å². The summed E-state index contributed by atoms with van der Waals surface area (Å²) in [6.45, 7) is 0.0999. The Labute approximate surface area is 91.5 Å². The summed E-state index contributed by atoms with van der Waals surface area (Å²) in [6, 6.07) is 6.78. The van der Waals surface area contributed by atoms with Crippen molar-refractivity contribution in [3.8, 4) is 11.8 Å². The third kappa shape index (κ3) is 3.39. The van der Waals surface area contributed by atoms with Gasteiger partial charge in [-0.3, -0.25) is 0 Å². The molecule has 6 heteroatoms. The van der Waals surface area contributed by atoms with Gasteiger partial charge in [-0.25, -0.2) is 0 Å². The lowest BCUT2D eigenvalue weighted by Crippen LogP contribution is -1.97. The fourth-order valence-electron chi connectivity index (χ4n) is 1.03. The summed E-state index contributed by atoms with van der Waals surface area (Å²) < 4.78 is 5.14. The van der Waals surface area contributed by atoms with Crippen molar-refractivity contribution in [1.29, 1.82) is 5.26 Å². The van der Waals surface area contributed by atoms with E-state index in [1.807, 2.05) is 6.07 Å². The quantitative estimate of drug-likeness (QED) is 0.446. The van der Waals surface area contributed by atoms with Gasteiger partial charge in [-0.05, 0) is 23.7 Å². The summed E-state index contributed by atoms with van der Waals surface area (Å²) in [7, 11) is 0. The first-order valence-corrected chi connectivity index (χ1v) is 4.44. The zero-order valence-corrected chi connectivity index (χ0v) is 8.48. The second kappa shape index (κ2) is 5.76. The molecule has 0 amide bonds. The van der Waals surface area contributed by atoms with Crippen LogP contribution >= 0.6 is 11.6 Å². The summed E-state index contributed by atoms with van der Waals surface area (Å²) in [5.74, 6) is 0.508. The van der Waals surface area contributed by atoms with Crippen LogP contribution in [0.25, 0.3) is 10.4 Å². The van der Waals surface area contributed by atoms with E-state index in [4.69, 9.17) is 27.1 Å². The molecule has 0 bridgehead atoms. The van der Waals surface area contributed by atoms with Crippen LogP contribution in [0.15, 0.2) is 23.3 Å². The van der Waals surface area contributed by atoms with Crippen LogP contribution in [0.3, 0.4) is 0 Å². The normalized spacial score (nSPS) is 8.80. The molecule has 15 heavy (non-hydrogen) atoms. The second-order valence-electron chi connectivity index (χ2n) is 2.59. The zero-order valence-electron chi connectivity index (χ0n) is 7.72. The average molecular weight is 223 g/mol. The Morgan fingerprint density at radius 3 is 3.07 bits per heavy atom. The van der Waals surface area contributed by atoms with E-state index in [0.29, 0.717) is 16.3 Å². The molecule has 0 spiro atoms. The average Bonchev–Trinajstić information content (AvgIpc) is 2.25. The summed E-state index contributed by atoms with van der Waals surface area (Å²) >= 11 is 5.77. The van der Waals surface area contributed by atoms with Crippen molar-refractivity contribution in [3.63, 3.8) is 0 Å². The minimum Gasteiger partial charge on any atom is -0.478 e. The van der Waals surface area contributed by atoms with E-state index in [1.54, 1.807) is 18.2 Å². The summed E-state index contributed by atoms with van der Waals surface area (Å²) in [5.41, 5.74) is 8.86. The lowest BCUT2D eigenvalue weighted by Gasteiger charge is -2.07. The van der Waals surface area contributed by atoms with Gasteiger partial charge in [0.2, 0.25) is 0 Å². The predicted molar refractivity (Wildman–Crippen MR) is 55.4 cm³/mol. The van der Waals surface area contributed by atoms with Crippen LogP contribution in [-0.2, 0) is 6.54 Å². The highest BCUT2D eigenvalue weighted by molar-refractivity contribution is 6.30. The van der Waals surface area contributed by atoms with Gasteiger partial charge >= 0.3 is 0 Å². The van der Waals surface area contributed by atoms with Crippen LogP contribution in [0.1, 0.15) is 5.56 Å². The number of azide groups is 1. The highest BCUT2D eigenvalue weighted by Gasteiger charge is 2.03. The van der Waals surface area contributed by atoms with Gasteiger partial charge in [-0.2, -0.15) is 5.26 Å². The monoisotopic (exact) mass is 222 g/mol. The highest BCUT2D eigenvalue weighted by Crippen LogP contribution is 2.23. The Kier molecular flexibility index (Phi) is 4.30. The van der Waals surface area contributed by atoms with Gasteiger partial charge in [0, 0.05) is 15.5 Å². The molecule has 1 aromatic carbocycles. The van der Waals surface area contributed by atoms with Crippen molar-refractivity contribution in [2.75, 3.05) is 6.61 Å². The maximum atomic E-state index is 8.37. The maximum Gasteiger partial charge on any atom is 0.174 e. The van der Waals surface area contributed by atoms with Gasteiger partial charge in [0.25, 0.3) is 0 Å². The Balaban J connectivity index is 2.92. The molecule has 0 N–H and O–H groups in total. The summed E-state index contributed by atoms with van der Waals surface area (Å²) in [4.78, 5) is 2.64. The second-order valence-corrected chi connectivity index (χ2v) is 3.02. The fourth-order valence-corrected chi connectivity index (χ4v) is 1.22. The third-order valence-electron chi connectivity index (χ3n) is 1.62. The largest absolute Gasteiger partial charge is 0.478 e. The molecule has 0 saturated carbocycles. The molecule has 0 atom stereocenters. The zero-order chi connectivity index (χ0) is 11.1. The van der Waals surface area contributed by atoms with Crippen LogP contribution < -0.4 is 4.74 Å². The number of nitriles is 1. The van der Waals surface area contributed by atoms with Gasteiger partial charge in [-0.15, -0.1) is 0 Å². The van der Waals surface area contributed by atoms with Gasteiger partial charge in [-0.1, -0.05) is 16.7 Å². The Bertz CT molecular complexity index is 434. The van der Waals surface area contributed by atoms with E-state index in [9.17, 15) is 0 Å². The van der Waals surface area contributed by atoms with Crippen LogP contribution in [0.4, 0.5) is 0 Å². The SMILES string of the molecule is N#CCOc1ccc(Cl)cc1CN=[N+]=[N-]. The van der Waals surface area contributed by atoms with E-state index in [2.05, 4.69) is 10.0 Å². The Morgan fingerprint density at radius 2 is 2.40 bits per heavy atom. The van der Waals surface area contributed by atoms with Crippen LogP contribution in [-0.4, -0.2) is 6.61 Å². The first-order valence-electron chi connectivity index (χ1n) is 4.07. The fraction of sp³-hybridized carbons (Fsp3) is 0.222. The predicted octanol–water partition coefficient (Wildman–Crippen LogP) is 3.05. The Hall–Kier alpha value is -1.89. The number of ether oxygens (including phenoxy) is 1. The standard InChI is InChI=1S/C9H7ClN4O/c10-8-1-2-9(15-4-3-11)7(5-8)6-13-14-12/h1-2,5H,4,6H2. The molecule has 5 nitrogen and oxygen atoms in total. The molecule has 0 unspecified atom stereocenters. The van der Waals surface area contributed by atoms with Crippen molar-refractivity contribution in [2.24, 2.45) is 5.11 Å². The highest BCUT2D eigenvalue weighted by atomic mass is 35.5. The molecule has 0 aliphatic heterocycles. The topological polar surface area (TPSA) is 81.8 Å². The van der Waals surface area contributed by atoms with Gasteiger partial charge in [0.15, 0.2) is 6.61 Å². The van der Waals surface area contributed by atoms with Crippen molar-refractivity contribution < 1.29 is 4.74 Å². The van der Waals surface area contributed by atoms with Crippen LogP contribution in [0.2, 0.25) is 5.02 Å². The Morgan fingerprint density at radius 1 is 1.60 bits per heavy atom. The van der Waals surface area contributed by atoms with Crippen molar-refractivity contribution >= 4 is 11.6 Å². The number of rotatable bonds is 4. The van der Waals surface area contributed by atoms with E-state index < -0.39 is 0 Å². The molecule has 0 fully saturated rings. The molecule has 1 aromatic rings. The molecule has 76 valence electrons. The molecule has 0 aliphatic carbocycles. The van der Waals surface area contributed by atoms with Gasteiger partial charge in [0.1, 0.15) is 11.8 Å². The number of hydrogen-bond acceptors (Lipinski definition) is 3. The number of halogens is 1. The first-order chi connectivity index (χ1) is 7.27. The van der Waals surface area contributed by atoms with Gasteiger partial charge < -0.3 is 4.74 Å². The molecule has 0 aliphatic rings. The summed E-state index contributed by atoms with van der Waals surface area (Å²) in [6.07, 6.45) is 0. The lowest BCUT2D eigenvalue weighted by atomic mass is 10.2. The molecule has 1 rings (SSSR count). The number of nitrogens with zero attached hydrogens (tertiary/aromatic N) is 4. The third-order valence-corrected chi connectivity index (χ3v) is 1.85. The van der Waals surface area contributed by atoms with Crippen molar-refractivity contribution in [2.45, 2.75) is 6.54 Å². The van der Waals surface area contributed by atoms with E-state index in [0.717, 1.165) is 0 Å². The molecular weight excluding hydrogens is 216 g/mol. The molecule has 0 saturated heterocycles. The smallest absolute Gasteiger partial charge is 0.174 e. The van der Waals surface area contributed by atoms with E-state index in [-0.39, 0.29) is 13.2 Å². The minimum atomic E-state index is -0.0507. The van der Waals surface area contributed by atoms with E-state index >= 15 is 0 Å². The number of hydrogen-bond donors (Lipinski definition) is 0. The lowest BCUT2D eigenvalue weighted by molar-refractivity contribution is 0.364. The molecule has 0 heterocycles. The van der Waals surface area contributed by atoms with Crippen molar-refractivity contribution in [3.05, 3.63) is 39.2 Å². The first kappa shape index (κ1) is 11.2.